The maximum absolute atomic E-state index is 11.9. The SMILES string of the molecule is C[C@@H](C(=O)NCCOc1cccc(Cl)c1Cl)n1ccnc1. The summed E-state index contributed by atoms with van der Waals surface area (Å²) in [6.45, 7) is 2.48. The summed E-state index contributed by atoms with van der Waals surface area (Å²) in [6, 6.07) is 4.85. The standard InChI is InChI=1S/C14H15Cl2N3O2/c1-10(19-7-5-17-9-19)14(20)18-6-8-21-12-4-2-3-11(15)13(12)16/h2-5,7,9-10H,6,8H2,1H3,(H,18,20)/t10-/m0/s1. The lowest BCUT2D eigenvalue weighted by molar-refractivity contribution is -0.123. The smallest absolute Gasteiger partial charge is 0.242 e. The number of hydrogen-bond acceptors (Lipinski definition) is 3. The summed E-state index contributed by atoms with van der Waals surface area (Å²) in [7, 11) is 0. The van der Waals surface area contributed by atoms with Gasteiger partial charge in [0.1, 0.15) is 23.4 Å². The molecule has 0 fully saturated rings. The van der Waals surface area contributed by atoms with Crippen molar-refractivity contribution in [3.05, 3.63) is 47.0 Å². The fourth-order valence-corrected chi connectivity index (χ4v) is 2.06. The number of aromatic nitrogens is 2. The van der Waals surface area contributed by atoms with E-state index < -0.39 is 0 Å². The van der Waals surface area contributed by atoms with Crippen molar-refractivity contribution in [2.24, 2.45) is 0 Å². The van der Waals surface area contributed by atoms with Crippen molar-refractivity contribution in [2.45, 2.75) is 13.0 Å². The maximum Gasteiger partial charge on any atom is 0.242 e. The largest absolute Gasteiger partial charge is 0.490 e. The Kier molecular flexibility index (Phi) is 5.47. The Morgan fingerprint density at radius 1 is 1.48 bits per heavy atom. The Bertz CT molecular complexity index is 602. The molecule has 112 valence electrons. The van der Waals surface area contributed by atoms with Gasteiger partial charge in [-0.15, -0.1) is 0 Å². The van der Waals surface area contributed by atoms with Crippen LogP contribution in [0.4, 0.5) is 0 Å². The molecule has 0 saturated heterocycles. The minimum Gasteiger partial charge on any atom is -0.490 e. The number of carbonyl (C=O) groups is 1. The van der Waals surface area contributed by atoms with E-state index in [2.05, 4.69) is 10.3 Å². The van der Waals surface area contributed by atoms with Crippen molar-refractivity contribution in [2.75, 3.05) is 13.2 Å². The highest BCUT2D eigenvalue weighted by molar-refractivity contribution is 6.42. The van der Waals surface area contributed by atoms with Crippen molar-refractivity contribution >= 4 is 29.1 Å². The van der Waals surface area contributed by atoms with Gasteiger partial charge in [-0.3, -0.25) is 4.79 Å². The third-order valence-corrected chi connectivity index (χ3v) is 3.73. The summed E-state index contributed by atoms with van der Waals surface area (Å²) >= 11 is 11.9. The van der Waals surface area contributed by atoms with E-state index in [9.17, 15) is 4.79 Å². The van der Waals surface area contributed by atoms with Crippen LogP contribution in [0.25, 0.3) is 0 Å². The first-order valence-corrected chi connectivity index (χ1v) is 7.17. The van der Waals surface area contributed by atoms with E-state index in [1.54, 1.807) is 48.4 Å². The zero-order valence-corrected chi connectivity index (χ0v) is 12.9. The number of nitrogens with one attached hydrogen (secondary N) is 1. The summed E-state index contributed by atoms with van der Waals surface area (Å²) < 4.78 is 7.21. The van der Waals surface area contributed by atoms with Crippen LogP contribution in [0.3, 0.4) is 0 Å². The molecule has 0 spiro atoms. The van der Waals surface area contributed by atoms with Crippen LogP contribution in [-0.2, 0) is 4.79 Å². The van der Waals surface area contributed by atoms with Crippen molar-refractivity contribution in [1.82, 2.24) is 14.9 Å². The fourth-order valence-electron chi connectivity index (χ4n) is 1.71. The molecule has 0 aliphatic heterocycles. The number of benzene rings is 1. The number of hydrogen-bond donors (Lipinski definition) is 1. The first-order chi connectivity index (χ1) is 10.1. The molecule has 1 atom stereocenters. The van der Waals surface area contributed by atoms with Gasteiger partial charge < -0.3 is 14.6 Å². The molecule has 1 N–H and O–H groups in total. The van der Waals surface area contributed by atoms with Crippen molar-refractivity contribution < 1.29 is 9.53 Å². The zero-order chi connectivity index (χ0) is 15.2. The highest BCUT2D eigenvalue weighted by atomic mass is 35.5. The summed E-state index contributed by atoms with van der Waals surface area (Å²) in [5, 5.41) is 3.60. The van der Waals surface area contributed by atoms with Gasteiger partial charge in [0, 0.05) is 12.4 Å². The van der Waals surface area contributed by atoms with E-state index in [-0.39, 0.29) is 11.9 Å². The number of carbonyl (C=O) groups excluding carboxylic acids is 1. The van der Waals surface area contributed by atoms with Gasteiger partial charge in [-0.2, -0.15) is 0 Å². The van der Waals surface area contributed by atoms with Gasteiger partial charge >= 0.3 is 0 Å². The molecule has 1 amide bonds. The van der Waals surface area contributed by atoms with Gasteiger partial charge in [0.25, 0.3) is 0 Å². The predicted octanol–water partition coefficient (Wildman–Crippen LogP) is 2.95. The lowest BCUT2D eigenvalue weighted by Crippen LogP contribution is -2.33. The number of imidazole rings is 1. The molecule has 0 saturated carbocycles. The lowest BCUT2D eigenvalue weighted by Gasteiger charge is -2.14. The number of halogens is 2. The molecule has 7 heteroatoms. The molecular weight excluding hydrogens is 313 g/mol. The number of ether oxygens (including phenoxy) is 1. The van der Waals surface area contributed by atoms with E-state index in [4.69, 9.17) is 27.9 Å². The van der Waals surface area contributed by atoms with Gasteiger partial charge in [-0.1, -0.05) is 29.3 Å². The molecule has 5 nitrogen and oxygen atoms in total. The monoisotopic (exact) mass is 327 g/mol. The predicted molar refractivity (Wildman–Crippen MR) is 81.9 cm³/mol. The maximum atomic E-state index is 11.9. The molecule has 2 aromatic rings. The molecule has 0 radical (unpaired) electrons. The Hall–Kier alpha value is -1.72. The minimum absolute atomic E-state index is 0.103. The second-order valence-corrected chi connectivity index (χ2v) is 5.16. The number of amides is 1. The van der Waals surface area contributed by atoms with E-state index in [1.807, 2.05) is 0 Å². The van der Waals surface area contributed by atoms with Gasteiger partial charge in [-0.05, 0) is 19.1 Å². The molecule has 21 heavy (non-hydrogen) atoms. The number of nitrogens with zero attached hydrogens (tertiary/aromatic N) is 2. The average Bonchev–Trinajstić information content (AvgIpc) is 3.01. The Morgan fingerprint density at radius 2 is 2.29 bits per heavy atom. The number of rotatable bonds is 6. The third-order valence-electron chi connectivity index (χ3n) is 2.93. The van der Waals surface area contributed by atoms with Crippen LogP contribution in [0.1, 0.15) is 13.0 Å². The average molecular weight is 328 g/mol. The van der Waals surface area contributed by atoms with Crippen LogP contribution < -0.4 is 10.1 Å². The summed E-state index contributed by atoms with van der Waals surface area (Å²) in [5.41, 5.74) is 0. The van der Waals surface area contributed by atoms with E-state index >= 15 is 0 Å². The Labute approximate surface area is 132 Å². The van der Waals surface area contributed by atoms with E-state index in [0.717, 1.165) is 0 Å². The Balaban J connectivity index is 1.77. The van der Waals surface area contributed by atoms with Gasteiger partial charge in [0.05, 0.1) is 17.9 Å². The first-order valence-electron chi connectivity index (χ1n) is 6.41. The normalized spacial score (nSPS) is 12.0. The highest BCUT2D eigenvalue weighted by Gasteiger charge is 2.13. The third kappa shape index (κ3) is 4.12. The second-order valence-electron chi connectivity index (χ2n) is 4.38. The molecule has 1 heterocycles. The van der Waals surface area contributed by atoms with Crippen LogP contribution in [0.15, 0.2) is 36.9 Å². The quantitative estimate of drug-likeness (QED) is 0.830. The lowest BCUT2D eigenvalue weighted by atomic mass is 10.3. The van der Waals surface area contributed by atoms with Crippen molar-refractivity contribution in [3.8, 4) is 5.75 Å². The molecule has 1 aromatic heterocycles. The summed E-state index contributed by atoms with van der Waals surface area (Å²) in [6.07, 6.45) is 4.98. The molecule has 1 aromatic carbocycles. The molecule has 0 aliphatic carbocycles. The summed E-state index contributed by atoms with van der Waals surface area (Å²) in [4.78, 5) is 15.8. The Morgan fingerprint density at radius 3 is 3.00 bits per heavy atom. The van der Waals surface area contributed by atoms with Gasteiger partial charge in [0.2, 0.25) is 5.91 Å². The summed E-state index contributed by atoms with van der Waals surface area (Å²) in [5.74, 6) is 0.398. The minimum atomic E-state index is -0.317. The van der Waals surface area contributed by atoms with Gasteiger partial charge in [0.15, 0.2) is 0 Å². The molecule has 0 aliphatic rings. The van der Waals surface area contributed by atoms with Gasteiger partial charge in [-0.25, -0.2) is 4.98 Å². The topological polar surface area (TPSA) is 56.1 Å². The molecule has 0 bridgehead atoms. The second kappa shape index (κ2) is 7.33. The molecule has 2 rings (SSSR count). The van der Waals surface area contributed by atoms with Crippen LogP contribution in [0.5, 0.6) is 5.75 Å². The first kappa shape index (κ1) is 15.7. The van der Waals surface area contributed by atoms with E-state index in [0.29, 0.717) is 28.9 Å². The van der Waals surface area contributed by atoms with Crippen molar-refractivity contribution in [3.63, 3.8) is 0 Å². The van der Waals surface area contributed by atoms with Crippen LogP contribution in [0, 0.1) is 0 Å². The highest BCUT2D eigenvalue weighted by Crippen LogP contribution is 2.31. The van der Waals surface area contributed by atoms with Crippen LogP contribution in [0.2, 0.25) is 10.0 Å². The fraction of sp³-hybridized carbons (Fsp3) is 0.286. The zero-order valence-electron chi connectivity index (χ0n) is 11.4. The van der Waals surface area contributed by atoms with Crippen LogP contribution >= 0.6 is 23.2 Å². The van der Waals surface area contributed by atoms with Crippen LogP contribution in [-0.4, -0.2) is 28.6 Å². The van der Waals surface area contributed by atoms with E-state index in [1.165, 1.54) is 0 Å². The van der Waals surface area contributed by atoms with Crippen molar-refractivity contribution in [1.29, 1.82) is 0 Å². The molecule has 0 unspecified atom stereocenters. The molecular formula is C14H15Cl2N3O2.